The SMILES string of the molecule is COCCNC(=S)Nc1ccc(C)cc1F. The zero-order valence-electron chi connectivity index (χ0n) is 9.34. The number of halogens is 1. The molecule has 0 saturated heterocycles. The summed E-state index contributed by atoms with van der Waals surface area (Å²) < 4.78 is 18.3. The topological polar surface area (TPSA) is 33.3 Å². The van der Waals surface area contributed by atoms with E-state index in [9.17, 15) is 4.39 Å². The molecule has 5 heteroatoms. The van der Waals surface area contributed by atoms with Crippen LogP contribution in [0.3, 0.4) is 0 Å². The molecule has 16 heavy (non-hydrogen) atoms. The molecule has 2 N–H and O–H groups in total. The van der Waals surface area contributed by atoms with Crippen molar-refractivity contribution in [2.45, 2.75) is 6.92 Å². The van der Waals surface area contributed by atoms with Crippen LogP contribution < -0.4 is 10.6 Å². The van der Waals surface area contributed by atoms with Crippen molar-refractivity contribution in [2.24, 2.45) is 0 Å². The summed E-state index contributed by atoms with van der Waals surface area (Å²) in [5, 5.41) is 6.08. The second-order valence-corrected chi connectivity index (χ2v) is 3.77. The lowest BCUT2D eigenvalue weighted by atomic mass is 10.2. The van der Waals surface area contributed by atoms with Crippen molar-refractivity contribution in [3.63, 3.8) is 0 Å². The molecule has 0 aromatic heterocycles. The second kappa shape index (κ2) is 6.40. The van der Waals surface area contributed by atoms with E-state index < -0.39 is 0 Å². The fourth-order valence-electron chi connectivity index (χ4n) is 1.15. The largest absolute Gasteiger partial charge is 0.383 e. The Kier molecular flexibility index (Phi) is 5.14. The number of hydrogen-bond acceptors (Lipinski definition) is 2. The fourth-order valence-corrected chi connectivity index (χ4v) is 1.37. The van der Waals surface area contributed by atoms with Crippen molar-refractivity contribution in [2.75, 3.05) is 25.6 Å². The summed E-state index contributed by atoms with van der Waals surface area (Å²) in [6, 6.07) is 4.94. The zero-order chi connectivity index (χ0) is 12.0. The molecule has 1 aromatic rings. The van der Waals surface area contributed by atoms with Gasteiger partial charge in [0.05, 0.1) is 12.3 Å². The first-order valence-electron chi connectivity index (χ1n) is 4.93. The van der Waals surface area contributed by atoms with E-state index in [1.165, 1.54) is 6.07 Å². The number of hydrogen-bond donors (Lipinski definition) is 2. The van der Waals surface area contributed by atoms with Gasteiger partial charge in [-0.15, -0.1) is 0 Å². The van der Waals surface area contributed by atoms with Crippen LogP contribution in [-0.4, -0.2) is 25.4 Å². The number of methoxy groups -OCH3 is 1. The monoisotopic (exact) mass is 242 g/mol. The van der Waals surface area contributed by atoms with Gasteiger partial charge in [0.25, 0.3) is 0 Å². The molecule has 0 spiro atoms. The van der Waals surface area contributed by atoms with Gasteiger partial charge < -0.3 is 15.4 Å². The molecule has 0 amide bonds. The molecular weight excluding hydrogens is 227 g/mol. The predicted octanol–water partition coefficient (Wildman–Crippen LogP) is 2.07. The average molecular weight is 242 g/mol. The van der Waals surface area contributed by atoms with Crippen molar-refractivity contribution in [1.82, 2.24) is 5.32 Å². The van der Waals surface area contributed by atoms with Gasteiger partial charge in [-0.3, -0.25) is 0 Å². The fraction of sp³-hybridized carbons (Fsp3) is 0.364. The molecule has 1 rings (SSSR count). The Balaban J connectivity index is 2.49. The van der Waals surface area contributed by atoms with Gasteiger partial charge in [0, 0.05) is 13.7 Å². The van der Waals surface area contributed by atoms with E-state index in [4.69, 9.17) is 17.0 Å². The molecule has 0 bridgehead atoms. The van der Waals surface area contributed by atoms with Crippen LogP contribution in [0.25, 0.3) is 0 Å². The van der Waals surface area contributed by atoms with Crippen LogP contribution in [0.4, 0.5) is 10.1 Å². The third kappa shape index (κ3) is 4.12. The van der Waals surface area contributed by atoms with Gasteiger partial charge in [-0.05, 0) is 36.8 Å². The minimum Gasteiger partial charge on any atom is -0.383 e. The average Bonchev–Trinajstić information content (AvgIpc) is 2.23. The first-order valence-corrected chi connectivity index (χ1v) is 5.34. The third-order valence-corrected chi connectivity index (χ3v) is 2.21. The van der Waals surface area contributed by atoms with E-state index >= 15 is 0 Å². The third-order valence-electron chi connectivity index (χ3n) is 1.96. The molecule has 88 valence electrons. The molecule has 3 nitrogen and oxygen atoms in total. The van der Waals surface area contributed by atoms with Gasteiger partial charge >= 0.3 is 0 Å². The van der Waals surface area contributed by atoms with Crippen LogP contribution in [0.2, 0.25) is 0 Å². The lowest BCUT2D eigenvalue weighted by molar-refractivity contribution is 0.204. The summed E-state index contributed by atoms with van der Waals surface area (Å²) in [5.41, 5.74) is 1.25. The van der Waals surface area contributed by atoms with Crippen molar-refractivity contribution in [3.05, 3.63) is 29.6 Å². The van der Waals surface area contributed by atoms with E-state index in [1.807, 2.05) is 13.0 Å². The van der Waals surface area contributed by atoms with E-state index in [0.29, 0.717) is 24.0 Å². The molecular formula is C11H15FN2OS. The van der Waals surface area contributed by atoms with Crippen LogP contribution in [0.15, 0.2) is 18.2 Å². The first-order chi connectivity index (χ1) is 7.63. The standard InChI is InChI=1S/C11H15FN2OS/c1-8-3-4-10(9(12)7-8)14-11(16)13-5-6-15-2/h3-4,7H,5-6H2,1-2H3,(H2,13,14,16). The van der Waals surface area contributed by atoms with Gasteiger partial charge in [-0.2, -0.15) is 0 Å². The summed E-state index contributed by atoms with van der Waals surface area (Å²) in [4.78, 5) is 0. The van der Waals surface area contributed by atoms with Crippen LogP contribution in [0.5, 0.6) is 0 Å². The van der Waals surface area contributed by atoms with Crippen LogP contribution in [0, 0.1) is 12.7 Å². The molecule has 0 atom stereocenters. The molecule has 0 radical (unpaired) electrons. The second-order valence-electron chi connectivity index (χ2n) is 3.36. The quantitative estimate of drug-likeness (QED) is 0.625. The van der Waals surface area contributed by atoms with E-state index in [0.717, 1.165) is 5.56 Å². The summed E-state index contributed by atoms with van der Waals surface area (Å²) in [7, 11) is 1.61. The lowest BCUT2D eigenvalue weighted by Gasteiger charge is -2.11. The number of ether oxygens (including phenoxy) is 1. The molecule has 0 aliphatic carbocycles. The highest BCUT2D eigenvalue weighted by molar-refractivity contribution is 7.80. The summed E-state index contributed by atoms with van der Waals surface area (Å²) in [6.07, 6.45) is 0. The van der Waals surface area contributed by atoms with Crippen LogP contribution in [-0.2, 0) is 4.74 Å². The highest BCUT2D eigenvalue weighted by atomic mass is 32.1. The summed E-state index contributed by atoms with van der Waals surface area (Å²) in [5.74, 6) is -0.309. The van der Waals surface area contributed by atoms with E-state index in [1.54, 1.807) is 13.2 Å². The molecule has 0 heterocycles. The first kappa shape index (κ1) is 12.9. The number of anilines is 1. The summed E-state index contributed by atoms with van der Waals surface area (Å²) >= 11 is 5.00. The van der Waals surface area contributed by atoms with E-state index in [2.05, 4.69) is 10.6 Å². The molecule has 0 aliphatic rings. The minimum atomic E-state index is -0.309. The Hall–Kier alpha value is -1.20. The zero-order valence-corrected chi connectivity index (χ0v) is 10.2. The van der Waals surface area contributed by atoms with Gasteiger partial charge in [0.15, 0.2) is 5.11 Å². The van der Waals surface area contributed by atoms with Crippen molar-refractivity contribution in [1.29, 1.82) is 0 Å². The number of thiocarbonyl (C=S) groups is 1. The predicted molar refractivity (Wildman–Crippen MR) is 67.2 cm³/mol. The Bertz CT molecular complexity index is 371. The minimum absolute atomic E-state index is 0.309. The molecule has 0 aliphatic heterocycles. The normalized spacial score (nSPS) is 9.94. The highest BCUT2D eigenvalue weighted by Gasteiger charge is 2.03. The number of aryl methyl sites for hydroxylation is 1. The van der Waals surface area contributed by atoms with Crippen molar-refractivity contribution >= 4 is 23.0 Å². The Labute approximate surface area is 100.0 Å². The molecule has 0 saturated carbocycles. The Morgan fingerprint density at radius 2 is 2.25 bits per heavy atom. The lowest BCUT2D eigenvalue weighted by Crippen LogP contribution is -2.31. The summed E-state index contributed by atoms with van der Waals surface area (Å²) in [6.45, 7) is 2.98. The Morgan fingerprint density at radius 1 is 1.50 bits per heavy atom. The van der Waals surface area contributed by atoms with Gasteiger partial charge in [0.1, 0.15) is 5.82 Å². The van der Waals surface area contributed by atoms with Crippen molar-refractivity contribution in [3.8, 4) is 0 Å². The maximum absolute atomic E-state index is 13.4. The smallest absolute Gasteiger partial charge is 0.170 e. The number of rotatable bonds is 4. The maximum Gasteiger partial charge on any atom is 0.170 e. The highest BCUT2D eigenvalue weighted by Crippen LogP contribution is 2.14. The number of benzene rings is 1. The van der Waals surface area contributed by atoms with Gasteiger partial charge in [0.2, 0.25) is 0 Å². The number of nitrogens with one attached hydrogen (secondary N) is 2. The van der Waals surface area contributed by atoms with E-state index in [-0.39, 0.29) is 5.82 Å². The van der Waals surface area contributed by atoms with Gasteiger partial charge in [-0.1, -0.05) is 6.07 Å². The van der Waals surface area contributed by atoms with Crippen molar-refractivity contribution < 1.29 is 9.13 Å². The maximum atomic E-state index is 13.4. The van der Waals surface area contributed by atoms with Crippen LogP contribution in [0.1, 0.15) is 5.56 Å². The molecule has 0 fully saturated rings. The van der Waals surface area contributed by atoms with Crippen LogP contribution >= 0.6 is 12.2 Å². The Morgan fingerprint density at radius 3 is 2.88 bits per heavy atom. The molecule has 1 aromatic carbocycles. The van der Waals surface area contributed by atoms with Gasteiger partial charge in [-0.25, -0.2) is 4.39 Å². The molecule has 0 unspecified atom stereocenters.